The summed E-state index contributed by atoms with van der Waals surface area (Å²) in [5.41, 5.74) is 4.88. The summed E-state index contributed by atoms with van der Waals surface area (Å²) in [6.45, 7) is 0. The second-order valence-electron chi connectivity index (χ2n) is 4.33. The van der Waals surface area contributed by atoms with Crippen LogP contribution in [-0.4, -0.2) is 17.3 Å². The molecular formula is C15H14N2O2S. The fourth-order valence-electron chi connectivity index (χ4n) is 2.00. The van der Waals surface area contributed by atoms with Gasteiger partial charge in [0.25, 0.3) is 0 Å². The van der Waals surface area contributed by atoms with Crippen molar-refractivity contribution < 1.29 is 9.84 Å². The highest BCUT2D eigenvalue weighted by Crippen LogP contribution is 2.39. The number of methoxy groups -OCH3 is 1. The molecule has 4 nitrogen and oxygen atoms in total. The van der Waals surface area contributed by atoms with Crippen LogP contribution in [0.1, 0.15) is 16.5 Å². The number of nitrogens with one attached hydrogen (secondary N) is 1. The summed E-state index contributed by atoms with van der Waals surface area (Å²) in [5.74, 6) is 0.952. The van der Waals surface area contributed by atoms with E-state index < -0.39 is 0 Å². The molecule has 0 spiro atoms. The third-order valence-electron chi connectivity index (χ3n) is 3.05. The summed E-state index contributed by atoms with van der Waals surface area (Å²) >= 11 is 1.57. The maximum absolute atomic E-state index is 9.99. The number of hydrogen-bond donors (Lipinski definition) is 2. The molecule has 2 aromatic carbocycles. The monoisotopic (exact) mass is 286 g/mol. The van der Waals surface area contributed by atoms with Gasteiger partial charge in [-0.05, 0) is 18.2 Å². The number of aromatic hydroxyl groups is 1. The van der Waals surface area contributed by atoms with Crippen molar-refractivity contribution in [2.45, 2.75) is 5.37 Å². The molecule has 0 fully saturated rings. The number of hydrazone groups is 1. The SMILES string of the molecule is COc1ccc(O)c([C@H]2NN=C(c3ccccc3)S2)c1. The van der Waals surface area contributed by atoms with Gasteiger partial charge in [-0.15, -0.1) is 0 Å². The van der Waals surface area contributed by atoms with Crippen molar-refractivity contribution in [2.75, 3.05) is 7.11 Å². The van der Waals surface area contributed by atoms with Crippen LogP contribution in [0.25, 0.3) is 0 Å². The fourth-order valence-corrected chi connectivity index (χ4v) is 3.02. The molecule has 2 aromatic rings. The van der Waals surface area contributed by atoms with Crippen LogP contribution in [0.15, 0.2) is 53.6 Å². The molecule has 0 unspecified atom stereocenters. The molecule has 20 heavy (non-hydrogen) atoms. The second kappa shape index (κ2) is 5.46. The summed E-state index contributed by atoms with van der Waals surface area (Å²) in [5, 5.41) is 15.1. The molecule has 1 heterocycles. The maximum atomic E-state index is 9.99. The van der Waals surface area contributed by atoms with E-state index in [2.05, 4.69) is 10.5 Å². The van der Waals surface area contributed by atoms with E-state index in [0.29, 0.717) is 5.75 Å². The van der Waals surface area contributed by atoms with Crippen molar-refractivity contribution in [3.8, 4) is 11.5 Å². The van der Waals surface area contributed by atoms with Crippen LogP contribution in [0.5, 0.6) is 11.5 Å². The third kappa shape index (κ3) is 2.44. The first kappa shape index (κ1) is 12.9. The third-order valence-corrected chi connectivity index (χ3v) is 4.20. The van der Waals surface area contributed by atoms with Crippen LogP contribution in [0.3, 0.4) is 0 Å². The highest BCUT2D eigenvalue weighted by molar-refractivity contribution is 8.14. The minimum Gasteiger partial charge on any atom is -0.508 e. The van der Waals surface area contributed by atoms with E-state index in [0.717, 1.165) is 16.2 Å². The normalized spacial score (nSPS) is 17.4. The molecule has 2 N–H and O–H groups in total. The van der Waals surface area contributed by atoms with E-state index in [-0.39, 0.29) is 11.1 Å². The Morgan fingerprint density at radius 2 is 2.00 bits per heavy atom. The van der Waals surface area contributed by atoms with Crippen LogP contribution in [0.4, 0.5) is 0 Å². The molecule has 5 heteroatoms. The highest BCUT2D eigenvalue weighted by atomic mass is 32.2. The Balaban J connectivity index is 1.82. The predicted molar refractivity (Wildman–Crippen MR) is 81.1 cm³/mol. The molecule has 0 aliphatic carbocycles. The van der Waals surface area contributed by atoms with E-state index in [9.17, 15) is 5.11 Å². The predicted octanol–water partition coefficient (Wildman–Crippen LogP) is 3.10. The topological polar surface area (TPSA) is 53.9 Å². The van der Waals surface area contributed by atoms with Crippen molar-refractivity contribution in [3.63, 3.8) is 0 Å². The quantitative estimate of drug-likeness (QED) is 0.910. The molecule has 3 rings (SSSR count). The standard InChI is InChI=1S/C15H14N2O2S/c1-19-11-7-8-13(18)12(9-11)15-17-16-14(20-15)10-5-3-2-4-6-10/h2-9,15,17-18H,1H3/t15-/m0/s1. The molecule has 102 valence electrons. The van der Waals surface area contributed by atoms with Crippen molar-refractivity contribution in [1.82, 2.24) is 5.43 Å². The van der Waals surface area contributed by atoms with E-state index in [1.165, 1.54) is 0 Å². The van der Waals surface area contributed by atoms with Gasteiger partial charge in [0.1, 0.15) is 21.9 Å². The number of phenols is 1. The van der Waals surface area contributed by atoms with Crippen LogP contribution < -0.4 is 10.2 Å². The van der Waals surface area contributed by atoms with Gasteiger partial charge in [0, 0.05) is 11.1 Å². The Labute approximate surface area is 121 Å². The zero-order chi connectivity index (χ0) is 13.9. The molecule has 0 aromatic heterocycles. The lowest BCUT2D eigenvalue weighted by Gasteiger charge is -2.12. The summed E-state index contributed by atoms with van der Waals surface area (Å²) in [6, 6.07) is 15.2. The number of ether oxygens (including phenoxy) is 1. The average Bonchev–Trinajstić information content (AvgIpc) is 2.98. The smallest absolute Gasteiger partial charge is 0.126 e. The molecule has 0 bridgehead atoms. The Hall–Kier alpha value is -2.14. The minimum atomic E-state index is -0.111. The average molecular weight is 286 g/mol. The van der Waals surface area contributed by atoms with Gasteiger partial charge < -0.3 is 9.84 Å². The van der Waals surface area contributed by atoms with Crippen molar-refractivity contribution >= 4 is 16.8 Å². The largest absolute Gasteiger partial charge is 0.508 e. The van der Waals surface area contributed by atoms with E-state index >= 15 is 0 Å². The molecule has 1 aliphatic heterocycles. The Bertz CT molecular complexity index is 644. The fraction of sp³-hybridized carbons (Fsp3) is 0.133. The number of thioether (sulfide) groups is 1. The van der Waals surface area contributed by atoms with Crippen molar-refractivity contribution in [2.24, 2.45) is 5.10 Å². The lowest BCUT2D eigenvalue weighted by Crippen LogP contribution is -2.07. The first-order valence-corrected chi connectivity index (χ1v) is 7.08. The molecular weight excluding hydrogens is 272 g/mol. The van der Waals surface area contributed by atoms with Crippen LogP contribution in [-0.2, 0) is 0 Å². The van der Waals surface area contributed by atoms with Gasteiger partial charge in [0.05, 0.1) is 7.11 Å². The van der Waals surface area contributed by atoms with Gasteiger partial charge in [-0.2, -0.15) is 5.10 Å². The number of phenolic OH excluding ortho intramolecular Hbond substituents is 1. The molecule has 1 atom stereocenters. The Morgan fingerprint density at radius 1 is 1.20 bits per heavy atom. The van der Waals surface area contributed by atoms with Gasteiger partial charge in [-0.1, -0.05) is 42.1 Å². The van der Waals surface area contributed by atoms with Crippen LogP contribution >= 0.6 is 11.8 Å². The Kier molecular flexibility index (Phi) is 3.52. The van der Waals surface area contributed by atoms with E-state index in [1.54, 1.807) is 31.0 Å². The second-order valence-corrected chi connectivity index (χ2v) is 5.43. The number of benzene rings is 2. The lowest BCUT2D eigenvalue weighted by molar-refractivity contribution is 0.410. The molecule has 0 saturated heterocycles. The first-order chi connectivity index (χ1) is 9.78. The minimum absolute atomic E-state index is 0.111. The van der Waals surface area contributed by atoms with Gasteiger partial charge >= 0.3 is 0 Å². The van der Waals surface area contributed by atoms with E-state index in [4.69, 9.17) is 4.74 Å². The van der Waals surface area contributed by atoms with Gasteiger partial charge in [0.2, 0.25) is 0 Å². The van der Waals surface area contributed by atoms with Crippen molar-refractivity contribution in [3.05, 3.63) is 59.7 Å². The summed E-state index contributed by atoms with van der Waals surface area (Å²) < 4.78 is 5.20. The lowest BCUT2D eigenvalue weighted by atomic mass is 10.2. The first-order valence-electron chi connectivity index (χ1n) is 6.20. The molecule has 1 aliphatic rings. The molecule has 0 saturated carbocycles. The summed E-state index contributed by atoms with van der Waals surface area (Å²) in [4.78, 5) is 0. The number of rotatable bonds is 3. The Morgan fingerprint density at radius 3 is 2.75 bits per heavy atom. The van der Waals surface area contributed by atoms with E-state index in [1.807, 2.05) is 36.4 Å². The summed E-state index contributed by atoms with van der Waals surface area (Å²) in [6.07, 6.45) is 0. The zero-order valence-electron chi connectivity index (χ0n) is 10.9. The van der Waals surface area contributed by atoms with Crippen LogP contribution in [0.2, 0.25) is 0 Å². The number of hydrogen-bond acceptors (Lipinski definition) is 5. The van der Waals surface area contributed by atoms with Gasteiger partial charge in [-0.3, -0.25) is 5.43 Å². The molecule has 0 amide bonds. The summed E-state index contributed by atoms with van der Waals surface area (Å²) in [7, 11) is 1.61. The van der Waals surface area contributed by atoms with Crippen LogP contribution in [0, 0.1) is 0 Å². The number of nitrogens with zero attached hydrogens (tertiary/aromatic N) is 1. The maximum Gasteiger partial charge on any atom is 0.126 e. The highest BCUT2D eigenvalue weighted by Gasteiger charge is 2.24. The van der Waals surface area contributed by atoms with Gasteiger partial charge in [-0.25, -0.2) is 0 Å². The zero-order valence-corrected chi connectivity index (χ0v) is 11.7. The molecule has 0 radical (unpaired) electrons. The van der Waals surface area contributed by atoms with Crippen molar-refractivity contribution in [1.29, 1.82) is 0 Å². The van der Waals surface area contributed by atoms with Gasteiger partial charge in [0.15, 0.2) is 0 Å².